The summed E-state index contributed by atoms with van der Waals surface area (Å²) in [6, 6.07) is 20.0. The summed E-state index contributed by atoms with van der Waals surface area (Å²) < 4.78 is 0. The van der Waals surface area contributed by atoms with Gasteiger partial charge in [-0.05, 0) is 50.2 Å². The number of piperidine rings is 1. The lowest BCUT2D eigenvalue weighted by molar-refractivity contribution is -0.138. The number of amides is 2. The normalized spacial score (nSPS) is 15.1. The number of rotatable bonds is 6. The molecular weight excluding hydrogens is 504 g/mol. The number of halogens is 1. The number of carbonyl (C=O) groups excluding carboxylic acids is 2. The van der Waals surface area contributed by atoms with Crippen LogP contribution in [0.15, 0.2) is 96.6 Å². The number of likely N-dealkylation sites (tertiary alicyclic amines) is 1. The minimum Gasteiger partial charge on any atom is -0.369 e. The van der Waals surface area contributed by atoms with Gasteiger partial charge in [0, 0.05) is 25.9 Å². The second kappa shape index (κ2) is 19.9. The van der Waals surface area contributed by atoms with Gasteiger partial charge in [-0.25, -0.2) is 0 Å². The van der Waals surface area contributed by atoms with Crippen molar-refractivity contribution in [2.24, 2.45) is 11.1 Å². The SMILES string of the molecule is CC1=CC=CCC=C1.CCC.CCl.NC(=O)C1(Cc2ccccc2)CCN(C(=O)CCc2ccccc2)CC1. The van der Waals surface area contributed by atoms with E-state index in [4.69, 9.17) is 5.73 Å². The van der Waals surface area contributed by atoms with Crippen molar-refractivity contribution in [3.63, 3.8) is 0 Å². The van der Waals surface area contributed by atoms with E-state index in [9.17, 15) is 9.59 Å². The molecule has 4 nitrogen and oxygen atoms in total. The number of hydrogen-bond acceptors (Lipinski definition) is 2. The van der Waals surface area contributed by atoms with Crippen LogP contribution in [0.1, 0.15) is 64.0 Å². The van der Waals surface area contributed by atoms with Crippen LogP contribution in [0.25, 0.3) is 0 Å². The second-order valence-electron chi connectivity index (χ2n) is 9.86. The molecule has 2 aliphatic rings. The average Bonchev–Trinajstić information content (AvgIpc) is 3.22. The fraction of sp³-hybridized carbons (Fsp3) is 0.412. The van der Waals surface area contributed by atoms with Gasteiger partial charge in [0.25, 0.3) is 0 Å². The average molecular weight is 551 g/mol. The molecule has 5 heteroatoms. The summed E-state index contributed by atoms with van der Waals surface area (Å²) in [6.07, 6.45) is 17.6. The van der Waals surface area contributed by atoms with E-state index in [2.05, 4.69) is 62.8 Å². The Balaban J connectivity index is 0.000000486. The lowest BCUT2D eigenvalue weighted by Gasteiger charge is -2.40. The van der Waals surface area contributed by atoms with Gasteiger partial charge in [0.1, 0.15) is 0 Å². The third-order valence-electron chi connectivity index (χ3n) is 6.60. The minimum absolute atomic E-state index is 0.159. The summed E-state index contributed by atoms with van der Waals surface area (Å²) in [7, 11) is 0. The van der Waals surface area contributed by atoms with Crippen LogP contribution in [0.5, 0.6) is 0 Å². The number of nitrogens with zero attached hydrogens (tertiary/aromatic N) is 1. The third kappa shape index (κ3) is 13.0. The molecule has 2 N–H and O–H groups in total. The van der Waals surface area contributed by atoms with E-state index >= 15 is 0 Å². The van der Waals surface area contributed by atoms with Crippen LogP contribution in [0.3, 0.4) is 0 Å². The lowest BCUT2D eigenvalue weighted by Crippen LogP contribution is -2.49. The molecule has 2 aromatic carbocycles. The Kier molecular flexibility index (Phi) is 17.3. The van der Waals surface area contributed by atoms with Gasteiger partial charge in [-0.1, -0.05) is 117 Å². The molecule has 1 fully saturated rings. The van der Waals surface area contributed by atoms with E-state index in [0.717, 1.165) is 18.4 Å². The Morgan fingerprint density at radius 2 is 1.44 bits per heavy atom. The Morgan fingerprint density at radius 1 is 0.897 bits per heavy atom. The predicted molar refractivity (Wildman–Crippen MR) is 167 cm³/mol. The summed E-state index contributed by atoms with van der Waals surface area (Å²) in [6.45, 7) is 7.55. The molecular formula is C34H47ClN2O2. The molecule has 0 atom stereocenters. The smallest absolute Gasteiger partial charge is 0.224 e. The van der Waals surface area contributed by atoms with Crippen molar-refractivity contribution in [2.75, 3.05) is 19.5 Å². The van der Waals surface area contributed by atoms with Crippen molar-refractivity contribution in [3.05, 3.63) is 108 Å². The van der Waals surface area contributed by atoms with E-state index in [1.807, 2.05) is 65.6 Å². The van der Waals surface area contributed by atoms with Gasteiger partial charge in [0.15, 0.2) is 0 Å². The first-order valence-electron chi connectivity index (χ1n) is 13.9. The molecule has 0 bridgehead atoms. The van der Waals surface area contributed by atoms with Gasteiger partial charge < -0.3 is 10.6 Å². The fourth-order valence-corrected chi connectivity index (χ4v) is 4.42. The zero-order chi connectivity index (χ0) is 28.9. The quantitative estimate of drug-likeness (QED) is 0.375. The molecule has 1 saturated heterocycles. The fourth-order valence-electron chi connectivity index (χ4n) is 4.42. The molecule has 4 rings (SSSR count). The van der Waals surface area contributed by atoms with E-state index in [0.29, 0.717) is 38.8 Å². The third-order valence-corrected chi connectivity index (χ3v) is 6.60. The molecule has 1 aliphatic heterocycles. The van der Waals surface area contributed by atoms with Crippen LogP contribution in [0, 0.1) is 5.41 Å². The number of aryl methyl sites for hydroxylation is 1. The number of benzene rings is 2. The Bertz CT molecular complexity index is 1040. The van der Waals surface area contributed by atoms with Crippen LogP contribution in [-0.4, -0.2) is 36.2 Å². The van der Waals surface area contributed by atoms with Crippen molar-refractivity contribution in [1.82, 2.24) is 4.90 Å². The maximum absolute atomic E-state index is 12.5. The Hall–Kier alpha value is -3.11. The Morgan fingerprint density at radius 3 is 1.97 bits per heavy atom. The highest BCUT2D eigenvalue weighted by Gasteiger charge is 2.40. The van der Waals surface area contributed by atoms with Crippen molar-refractivity contribution in [3.8, 4) is 0 Å². The molecule has 39 heavy (non-hydrogen) atoms. The van der Waals surface area contributed by atoms with Crippen molar-refractivity contribution < 1.29 is 9.59 Å². The number of allylic oxidation sites excluding steroid dienone is 6. The summed E-state index contributed by atoms with van der Waals surface area (Å²) >= 11 is 4.64. The minimum atomic E-state index is -0.544. The topological polar surface area (TPSA) is 63.4 Å². The highest BCUT2D eigenvalue weighted by Crippen LogP contribution is 2.35. The standard InChI is InChI=1S/C22H26N2O2.C8H10.C3H8.CH3Cl/c23-21(26)22(17-19-9-5-2-6-10-19)13-15-24(16-14-22)20(25)12-11-18-7-3-1-4-8-18;1-8-6-4-2-3-5-7-8;1-3-2;1-2/h1-10H,11-17H2,(H2,23,26);2,4-7H,3H2,1H3;3H2,1-2H3;1H3. The Labute approximate surface area is 241 Å². The molecule has 2 amide bonds. The van der Waals surface area contributed by atoms with Crippen LogP contribution in [0.2, 0.25) is 0 Å². The summed E-state index contributed by atoms with van der Waals surface area (Å²) in [5.41, 5.74) is 8.85. The van der Waals surface area contributed by atoms with E-state index < -0.39 is 5.41 Å². The summed E-state index contributed by atoms with van der Waals surface area (Å²) in [5, 5.41) is 0. The van der Waals surface area contributed by atoms with Crippen LogP contribution in [-0.2, 0) is 22.4 Å². The molecule has 0 unspecified atom stereocenters. The van der Waals surface area contributed by atoms with Gasteiger partial charge in [-0.2, -0.15) is 0 Å². The van der Waals surface area contributed by atoms with Crippen LogP contribution >= 0.6 is 11.6 Å². The van der Waals surface area contributed by atoms with Crippen molar-refractivity contribution in [2.45, 2.75) is 65.7 Å². The van der Waals surface area contributed by atoms with Crippen LogP contribution in [0.4, 0.5) is 0 Å². The van der Waals surface area contributed by atoms with Gasteiger partial charge in [-0.15, -0.1) is 11.6 Å². The number of hydrogen-bond donors (Lipinski definition) is 1. The highest BCUT2D eigenvalue weighted by atomic mass is 35.5. The largest absolute Gasteiger partial charge is 0.369 e. The second-order valence-corrected chi connectivity index (χ2v) is 9.86. The number of carbonyl (C=O) groups is 2. The van der Waals surface area contributed by atoms with Crippen molar-refractivity contribution >= 4 is 23.4 Å². The first kappa shape index (κ1) is 33.9. The predicted octanol–water partition coefficient (Wildman–Crippen LogP) is 7.68. The van der Waals surface area contributed by atoms with Crippen molar-refractivity contribution in [1.29, 1.82) is 0 Å². The molecule has 1 aliphatic carbocycles. The van der Waals surface area contributed by atoms with Crippen LogP contribution < -0.4 is 5.73 Å². The molecule has 0 aromatic heterocycles. The molecule has 212 valence electrons. The summed E-state index contributed by atoms with van der Waals surface area (Å²) in [5.74, 6) is -0.0932. The molecule has 0 saturated carbocycles. The zero-order valence-corrected chi connectivity index (χ0v) is 25.0. The number of nitrogens with two attached hydrogens (primary N) is 1. The molecule has 0 radical (unpaired) electrons. The lowest BCUT2D eigenvalue weighted by atomic mass is 9.73. The molecule has 2 aromatic rings. The van der Waals surface area contributed by atoms with E-state index in [1.165, 1.54) is 23.9 Å². The summed E-state index contributed by atoms with van der Waals surface area (Å²) in [4.78, 5) is 26.6. The van der Waals surface area contributed by atoms with Gasteiger partial charge in [0.2, 0.25) is 11.8 Å². The maximum Gasteiger partial charge on any atom is 0.224 e. The van der Waals surface area contributed by atoms with Gasteiger partial charge >= 0.3 is 0 Å². The first-order valence-corrected chi connectivity index (χ1v) is 14.7. The monoisotopic (exact) mass is 550 g/mol. The van der Waals surface area contributed by atoms with E-state index in [1.54, 1.807) is 0 Å². The van der Waals surface area contributed by atoms with Gasteiger partial charge in [0.05, 0.1) is 5.41 Å². The van der Waals surface area contributed by atoms with Gasteiger partial charge in [-0.3, -0.25) is 9.59 Å². The molecule has 1 heterocycles. The van der Waals surface area contributed by atoms with E-state index in [-0.39, 0.29) is 11.8 Å². The number of primary amides is 1. The highest BCUT2D eigenvalue weighted by molar-refractivity contribution is 6.15. The first-order chi connectivity index (χ1) is 18.9. The molecule has 0 spiro atoms. The maximum atomic E-state index is 12.5. The zero-order valence-electron chi connectivity index (χ0n) is 24.2. The number of alkyl halides is 1.